The van der Waals surface area contributed by atoms with Gasteiger partial charge in [0.05, 0.1) is 5.70 Å². The van der Waals surface area contributed by atoms with E-state index in [0.29, 0.717) is 23.4 Å². The van der Waals surface area contributed by atoms with Gasteiger partial charge in [-0.05, 0) is 23.8 Å². The fourth-order valence-corrected chi connectivity index (χ4v) is 1.93. The molecule has 0 amide bonds. The molecule has 1 aromatic rings. The van der Waals surface area contributed by atoms with Crippen LogP contribution in [0.5, 0.6) is 0 Å². The van der Waals surface area contributed by atoms with E-state index in [0.717, 1.165) is 5.56 Å². The van der Waals surface area contributed by atoms with Crippen LogP contribution in [0.15, 0.2) is 47.7 Å². The van der Waals surface area contributed by atoms with E-state index in [4.69, 9.17) is 5.73 Å². The van der Waals surface area contributed by atoms with Crippen molar-refractivity contribution in [1.29, 1.82) is 0 Å². The molecule has 1 aliphatic carbocycles. The molecule has 0 atom stereocenters. The van der Waals surface area contributed by atoms with Crippen molar-refractivity contribution in [2.24, 2.45) is 0 Å². The quantitative estimate of drug-likeness (QED) is 0.654. The monoisotopic (exact) mass is 256 g/mol. The van der Waals surface area contributed by atoms with Crippen LogP contribution in [-0.2, 0) is 16.0 Å². The third-order valence-electron chi connectivity index (χ3n) is 3.00. The second kappa shape index (κ2) is 5.10. The Kier molecular flexibility index (Phi) is 3.51. The van der Waals surface area contributed by atoms with Gasteiger partial charge in [0.15, 0.2) is 5.78 Å². The van der Waals surface area contributed by atoms with E-state index in [-0.39, 0.29) is 11.6 Å². The molecule has 0 fully saturated rings. The molecular formula is C15H16N2O2. The Morgan fingerprint density at radius 2 is 1.63 bits per heavy atom. The Hall–Kier alpha value is -2.36. The average Bonchev–Trinajstić information content (AvgIpc) is 2.35. The zero-order valence-electron chi connectivity index (χ0n) is 11.0. The number of ketones is 2. The zero-order chi connectivity index (χ0) is 14.0. The summed E-state index contributed by atoms with van der Waals surface area (Å²) < 4.78 is 0. The standard InChI is InChI=1S/C15H16N2O2/c1-17(2)13-9-14(18)11(8-15(13)19)7-10-3-5-12(16)6-4-10/h3-6,8-9H,7,16H2,1-2H3. The first-order valence-corrected chi connectivity index (χ1v) is 6.00. The molecule has 0 spiro atoms. The highest BCUT2D eigenvalue weighted by Crippen LogP contribution is 2.18. The number of hydrogen-bond acceptors (Lipinski definition) is 4. The molecule has 0 aromatic heterocycles. The van der Waals surface area contributed by atoms with Crippen LogP contribution in [0.25, 0.3) is 0 Å². The van der Waals surface area contributed by atoms with Gasteiger partial charge in [0.25, 0.3) is 0 Å². The number of nitrogen functional groups attached to an aromatic ring is 1. The number of likely N-dealkylation sites (N-methyl/N-ethyl adjacent to an activating group) is 1. The van der Waals surface area contributed by atoms with Crippen molar-refractivity contribution in [3.05, 3.63) is 53.3 Å². The van der Waals surface area contributed by atoms with E-state index < -0.39 is 0 Å². The maximum absolute atomic E-state index is 12.0. The van der Waals surface area contributed by atoms with Gasteiger partial charge in [-0.25, -0.2) is 0 Å². The molecule has 2 N–H and O–H groups in total. The van der Waals surface area contributed by atoms with E-state index in [1.54, 1.807) is 31.1 Å². The first kappa shape index (κ1) is 13.1. The van der Waals surface area contributed by atoms with E-state index in [1.807, 2.05) is 12.1 Å². The Bertz CT molecular complexity index is 581. The van der Waals surface area contributed by atoms with Gasteiger partial charge >= 0.3 is 0 Å². The van der Waals surface area contributed by atoms with Crippen LogP contribution in [0, 0.1) is 0 Å². The number of carbonyl (C=O) groups is 2. The fourth-order valence-electron chi connectivity index (χ4n) is 1.93. The predicted molar refractivity (Wildman–Crippen MR) is 74.4 cm³/mol. The first-order valence-electron chi connectivity index (χ1n) is 6.00. The van der Waals surface area contributed by atoms with Crippen molar-refractivity contribution < 1.29 is 9.59 Å². The number of carbonyl (C=O) groups excluding carboxylic acids is 2. The van der Waals surface area contributed by atoms with E-state index in [9.17, 15) is 9.59 Å². The lowest BCUT2D eigenvalue weighted by Gasteiger charge is -2.18. The molecule has 19 heavy (non-hydrogen) atoms. The molecule has 0 aliphatic heterocycles. The molecule has 98 valence electrons. The molecule has 1 aliphatic rings. The summed E-state index contributed by atoms with van der Waals surface area (Å²) in [6, 6.07) is 7.29. The molecular weight excluding hydrogens is 240 g/mol. The minimum absolute atomic E-state index is 0.111. The minimum atomic E-state index is -0.130. The van der Waals surface area contributed by atoms with Gasteiger partial charge in [-0.3, -0.25) is 9.59 Å². The van der Waals surface area contributed by atoms with Crippen molar-refractivity contribution in [3.63, 3.8) is 0 Å². The summed E-state index contributed by atoms with van der Waals surface area (Å²) in [6.07, 6.45) is 3.27. The lowest BCUT2D eigenvalue weighted by Crippen LogP contribution is -2.24. The van der Waals surface area contributed by atoms with Crippen LogP contribution in [0.2, 0.25) is 0 Å². The summed E-state index contributed by atoms with van der Waals surface area (Å²) in [6.45, 7) is 0. The second-order valence-corrected chi connectivity index (χ2v) is 4.74. The van der Waals surface area contributed by atoms with Crippen molar-refractivity contribution in [2.45, 2.75) is 6.42 Å². The van der Waals surface area contributed by atoms with Crippen molar-refractivity contribution in [2.75, 3.05) is 19.8 Å². The van der Waals surface area contributed by atoms with Crippen LogP contribution in [0.3, 0.4) is 0 Å². The van der Waals surface area contributed by atoms with Crippen LogP contribution in [0.4, 0.5) is 5.69 Å². The highest BCUT2D eigenvalue weighted by Gasteiger charge is 2.21. The summed E-state index contributed by atoms with van der Waals surface area (Å²) in [5.74, 6) is -0.241. The SMILES string of the molecule is CN(C)C1=CC(=O)C(Cc2ccc(N)cc2)=CC1=O. The Morgan fingerprint density at radius 3 is 2.21 bits per heavy atom. The topological polar surface area (TPSA) is 63.4 Å². The molecule has 0 bridgehead atoms. The number of hydrogen-bond donors (Lipinski definition) is 1. The number of rotatable bonds is 3. The van der Waals surface area contributed by atoms with Gasteiger partial charge in [-0.2, -0.15) is 0 Å². The number of benzene rings is 1. The van der Waals surface area contributed by atoms with Gasteiger partial charge in [-0.15, -0.1) is 0 Å². The lowest BCUT2D eigenvalue weighted by atomic mass is 9.95. The van der Waals surface area contributed by atoms with Gasteiger partial charge in [0.1, 0.15) is 0 Å². The normalized spacial score (nSPS) is 15.1. The summed E-state index contributed by atoms with van der Waals surface area (Å²) >= 11 is 0. The summed E-state index contributed by atoms with van der Waals surface area (Å²) in [5.41, 5.74) is 8.19. The molecule has 4 nitrogen and oxygen atoms in total. The Labute approximate surface area is 112 Å². The van der Waals surface area contributed by atoms with Crippen LogP contribution in [-0.4, -0.2) is 30.6 Å². The Balaban J connectivity index is 2.19. The molecule has 0 saturated carbocycles. The number of allylic oxidation sites excluding steroid dienone is 3. The predicted octanol–water partition coefficient (Wildman–Crippen LogP) is 1.33. The van der Waals surface area contributed by atoms with Gasteiger partial charge in [-0.1, -0.05) is 12.1 Å². The number of nitrogens with two attached hydrogens (primary N) is 1. The highest BCUT2D eigenvalue weighted by molar-refractivity contribution is 6.19. The summed E-state index contributed by atoms with van der Waals surface area (Å²) in [7, 11) is 3.49. The smallest absolute Gasteiger partial charge is 0.202 e. The maximum Gasteiger partial charge on any atom is 0.202 e. The molecule has 2 rings (SSSR count). The molecule has 0 unspecified atom stereocenters. The van der Waals surface area contributed by atoms with Crippen LogP contribution in [0.1, 0.15) is 5.56 Å². The van der Waals surface area contributed by atoms with Crippen LogP contribution < -0.4 is 5.73 Å². The number of anilines is 1. The zero-order valence-corrected chi connectivity index (χ0v) is 11.0. The first-order chi connectivity index (χ1) is 8.97. The molecule has 0 heterocycles. The number of nitrogens with zero attached hydrogens (tertiary/aromatic N) is 1. The minimum Gasteiger partial charge on any atom is -0.399 e. The molecule has 0 saturated heterocycles. The van der Waals surface area contributed by atoms with E-state index in [1.165, 1.54) is 12.2 Å². The fraction of sp³-hybridized carbons (Fsp3) is 0.200. The van der Waals surface area contributed by atoms with Gasteiger partial charge in [0, 0.05) is 37.9 Å². The lowest BCUT2D eigenvalue weighted by molar-refractivity contribution is -0.116. The van der Waals surface area contributed by atoms with Crippen LogP contribution >= 0.6 is 0 Å². The third kappa shape index (κ3) is 2.91. The summed E-state index contributed by atoms with van der Waals surface area (Å²) in [4.78, 5) is 25.5. The van der Waals surface area contributed by atoms with Crippen molar-refractivity contribution in [3.8, 4) is 0 Å². The summed E-state index contributed by atoms with van der Waals surface area (Å²) in [5, 5.41) is 0. The maximum atomic E-state index is 12.0. The second-order valence-electron chi connectivity index (χ2n) is 4.74. The van der Waals surface area contributed by atoms with Gasteiger partial charge in [0.2, 0.25) is 5.78 Å². The third-order valence-corrected chi connectivity index (χ3v) is 3.00. The van der Waals surface area contributed by atoms with E-state index >= 15 is 0 Å². The molecule has 1 aromatic carbocycles. The largest absolute Gasteiger partial charge is 0.399 e. The van der Waals surface area contributed by atoms with Crippen molar-refractivity contribution >= 4 is 17.3 Å². The van der Waals surface area contributed by atoms with E-state index in [2.05, 4.69) is 0 Å². The van der Waals surface area contributed by atoms with Crippen molar-refractivity contribution in [1.82, 2.24) is 4.90 Å². The Morgan fingerprint density at radius 1 is 1.00 bits per heavy atom. The highest BCUT2D eigenvalue weighted by atomic mass is 16.1. The van der Waals surface area contributed by atoms with Gasteiger partial charge < -0.3 is 10.6 Å². The molecule has 4 heteroatoms. The molecule has 0 radical (unpaired) electrons. The average molecular weight is 256 g/mol.